The first-order valence-electron chi connectivity index (χ1n) is 5.66. The molecule has 1 amide bonds. The van der Waals surface area contributed by atoms with Gasteiger partial charge in [0.2, 0.25) is 5.91 Å². The number of aromatic nitrogens is 1. The van der Waals surface area contributed by atoms with E-state index in [4.69, 9.17) is 10.8 Å². The molecule has 4 N–H and O–H groups in total. The minimum atomic E-state index is -0.172. The van der Waals surface area contributed by atoms with Crippen LogP contribution in [-0.4, -0.2) is 28.6 Å². The Balaban J connectivity index is 2.50. The van der Waals surface area contributed by atoms with Crippen LogP contribution in [0.1, 0.15) is 37.0 Å². The fraction of sp³-hybridized carbons (Fsp3) is 0.636. The summed E-state index contributed by atoms with van der Waals surface area (Å²) < 4.78 is 0. The lowest BCUT2D eigenvalue weighted by Crippen LogP contribution is -2.37. The van der Waals surface area contributed by atoms with Gasteiger partial charge in [-0.2, -0.15) is 0 Å². The molecule has 0 saturated heterocycles. The Morgan fingerprint density at radius 1 is 1.71 bits per heavy atom. The molecule has 6 heteroatoms. The van der Waals surface area contributed by atoms with Crippen molar-refractivity contribution >= 4 is 17.2 Å². The summed E-state index contributed by atoms with van der Waals surface area (Å²) in [5.41, 5.74) is 6.43. The third kappa shape index (κ3) is 4.41. The van der Waals surface area contributed by atoms with E-state index in [1.54, 1.807) is 0 Å². The first-order valence-corrected chi connectivity index (χ1v) is 6.54. The predicted molar refractivity (Wildman–Crippen MR) is 67.7 cm³/mol. The molecule has 0 fully saturated rings. The van der Waals surface area contributed by atoms with Crippen LogP contribution in [0.3, 0.4) is 0 Å². The number of thiazole rings is 1. The molecular formula is C11H19N3O2S. The van der Waals surface area contributed by atoms with Crippen LogP contribution in [0.2, 0.25) is 0 Å². The molecule has 0 saturated carbocycles. The van der Waals surface area contributed by atoms with Crippen molar-refractivity contribution in [2.24, 2.45) is 5.73 Å². The average Bonchev–Trinajstić information content (AvgIpc) is 2.74. The second-order valence-electron chi connectivity index (χ2n) is 4.00. The molecule has 2 atom stereocenters. The van der Waals surface area contributed by atoms with Gasteiger partial charge in [-0.25, -0.2) is 4.98 Å². The summed E-state index contributed by atoms with van der Waals surface area (Å²) in [6.45, 7) is 3.74. The molecule has 0 bridgehead atoms. The lowest BCUT2D eigenvalue weighted by atomic mass is 10.2. The molecule has 5 nitrogen and oxygen atoms in total. The van der Waals surface area contributed by atoms with Crippen LogP contribution in [-0.2, 0) is 11.2 Å². The fourth-order valence-corrected chi connectivity index (χ4v) is 2.11. The van der Waals surface area contributed by atoms with Gasteiger partial charge in [0.1, 0.15) is 5.01 Å². The Kier molecular flexibility index (Phi) is 5.54. The highest BCUT2D eigenvalue weighted by molar-refractivity contribution is 7.09. The summed E-state index contributed by atoms with van der Waals surface area (Å²) in [4.78, 5) is 15.9. The Hall–Kier alpha value is -0.980. The Morgan fingerprint density at radius 2 is 2.41 bits per heavy atom. The molecule has 0 aliphatic heterocycles. The van der Waals surface area contributed by atoms with Crippen LogP contribution >= 0.6 is 11.3 Å². The van der Waals surface area contributed by atoms with Gasteiger partial charge >= 0.3 is 0 Å². The van der Waals surface area contributed by atoms with Gasteiger partial charge in [-0.1, -0.05) is 6.92 Å². The zero-order valence-electron chi connectivity index (χ0n) is 10.1. The summed E-state index contributed by atoms with van der Waals surface area (Å²) in [6, 6.07) is -0.272. The van der Waals surface area contributed by atoms with Crippen molar-refractivity contribution in [2.75, 3.05) is 6.61 Å². The second-order valence-corrected chi connectivity index (χ2v) is 4.89. The van der Waals surface area contributed by atoms with Crippen molar-refractivity contribution in [3.05, 3.63) is 16.1 Å². The summed E-state index contributed by atoms with van der Waals surface area (Å²) in [6.07, 6.45) is 0.949. The van der Waals surface area contributed by atoms with E-state index < -0.39 is 0 Å². The molecule has 0 radical (unpaired) electrons. The van der Waals surface area contributed by atoms with Crippen molar-refractivity contribution in [3.8, 4) is 0 Å². The Morgan fingerprint density at radius 3 is 2.88 bits per heavy atom. The van der Waals surface area contributed by atoms with Crippen LogP contribution in [0.5, 0.6) is 0 Å². The van der Waals surface area contributed by atoms with E-state index in [0.29, 0.717) is 6.42 Å². The van der Waals surface area contributed by atoms with Gasteiger partial charge < -0.3 is 16.2 Å². The number of rotatable bonds is 6. The Labute approximate surface area is 105 Å². The molecule has 1 heterocycles. The highest BCUT2D eigenvalue weighted by Crippen LogP contribution is 2.16. The number of hydrogen-bond donors (Lipinski definition) is 3. The monoisotopic (exact) mass is 257 g/mol. The molecule has 0 spiro atoms. The number of carbonyl (C=O) groups excluding carboxylic acids is 1. The summed E-state index contributed by atoms with van der Waals surface area (Å²) in [5, 5.41) is 14.4. The molecule has 2 unspecified atom stereocenters. The highest BCUT2D eigenvalue weighted by atomic mass is 32.1. The van der Waals surface area contributed by atoms with Gasteiger partial charge in [0.25, 0.3) is 0 Å². The first kappa shape index (κ1) is 14.1. The van der Waals surface area contributed by atoms with E-state index in [-0.39, 0.29) is 31.0 Å². The number of carbonyl (C=O) groups is 1. The molecule has 0 aromatic carbocycles. The van der Waals surface area contributed by atoms with Crippen molar-refractivity contribution in [1.82, 2.24) is 10.3 Å². The number of amides is 1. The van der Waals surface area contributed by atoms with E-state index in [0.717, 1.165) is 10.7 Å². The van der Waals surface area contributed by atoms with Gasteiger partial charge in [0.05, 0.1) is 30.8 Å². The molecule has 1 aromatic rings. The molecule has 96 valence electrons. The minimum Gasteiger partial charge on any atom is -0.394 e. The van der Waals surface area contributed by atoms with Crippen molar-refractivity contribution < 1.29 is 9.90 Å². The van der Waals surface area contributed by atoms with Gasteiger partial charge in [-0.15, -0.1) is 11.3 Å². The number of hydrogen-bond acceptors (Lipinski definition) is 5. The van der Waals surface area contributed by atoms with Crippen molar-refractivity contribution in [3.63, 3.8) is 0 Å². The number of aliphatic hydroxyl groups is 1. The number of nitrogens with two attached hydrogens (primary N) is 1. The van der Waals surface area contributed by atoms with Crippen LogP contribution in [0, 0.1) is 0 Å². The van der Waals surface area contributed by atoms with E-state index >= 15 is 0 Å². The number of nitrogens with zero attached hydrogens (tertiary/aromatic N) is 1. The van der Waals surface area contributed by atoms with Crippen LogP contribution < -0.4 is 11.1 Å². The lowest BCUT2D eigenvalue weighted by Gasteiger charge is -2.13. The van der Waals surface area contributed by atoms with Crippen LogP contribution in [0.15, 0.2) is 5.38 Å². The third-order valence-electron chi connectivity index (χ3n) is 2.38. The second kappa shape index (κ2) is 6.68. The standard InChI is InChI=1S/C11H19N3O2S/c1-3-8(5-15)13-10(16)4-9-6-17-11(14-9)7(2)12/h6-8,15H,3-5,12H2,1-2H3,(H,13,16). The van der Waals surface area contributed by atoms with E-state index in [1.165, 1.54) is 11.3 Å². The maximum absolute atomic E-state index is 11.6. The fourth-order valence-electron chi connectivity index (χ4n) is 1.33. The summed E-state index contributed by atoms with van der Waals surface area (Å²) >= 11 is 1.46. The normalized spacial score (nSPS) is 14.4. The predicted octanol–water partition coefficient (Wildman–Crippen LogP) is 0.592. The smallest absolute Gasteiger partial charge is 0.226 e. The summed E-state index contributed by atoms with van der Waals surface area (Å²) in [5.74, 6) is -0.118. The molecule has 0 aliphatic rings. The maximum atomic E-state index is 11.6. The van der Waals surface area contributed by atoms with E-state index in [2.05, 4.69) is 10.3 Å². The highest BCUT2D eigenvalue weighted by Gasteiger charge is 2.12. The van der Waals surface area contributed by atoms with Gasteiger partial charge in [-0.05, 0) is 13.3 Å². The van der Waals surface area contributed by atoms with Crippen molar-refractivity contribution in [1.29, 1.82) is 0 Å². The largest absolute Gasteiger partial charge is 0.394 e. The number of aliphatic hydroxyl groups excluding tert-OH is 1. The quantitative estimate of drug-likeness (QED) is 0.696. The molecule has 1 aromatic heterocycles. The van der Waals surface area contributed by atoms with Crippen LogP contribution in [0.25, 0.3) is 0 Å². The Bertz CT molecular complexity index is 361. The SMILES string of the molecule is CCC(CO)NC(=O)Cc1csc(C(C)N)n1. The zero-order chi connectivity index (χ0) is 12.8. The van der Waals surface area contributed by atoms with Crippen LogP contribution in [0.4, 0.5) is 0 Å². The summed E-state index contributed by atoms with van der Waals surface area (Å²) in [7, 11) is 0. The van der Waals surface area contributed by atoms with Crippen molar-refractivity contribution in [2.45, 2.75) is 38.8 Å². The zero-order valence-corrected chi connectivity index (χ0v) is 11.0. The number of nitrogens with one attached hydrogen (secondary N) is 1. The van der Waals surface area contributed by atoms with E-state index in [9.17, 15) is 4.79 Å². The topological polar surface area (TPSA) is 88.2 Å². The molecule has 17 heavy (non-hydrogen) atoms. The molecule has 1 rings (SSSR count). The van der Waals surface area contributed by atoms with Gasteiger partial charge in [0, 0.05) is 5.38 Å². The molecular weight excluding hydrogens is 238 g/mol. The van der Waals surface area contributed by atoms with Gasteiger partial charge in [-0.3, -0.25) is 4.79 Å². The average molecular weight is 257 g/mol. The first-order chi connectivity index (χ1) is 8.06. The van der Waals surface area contributed by atoms with Gasteiger partial charge in [0.15, 0.2) is 0 Å². The molecule has 0 aliphatic carbocycles. The maximum Gasteiger partial charge on any atom is 0.226 e. The minimum absolute atomic E-state index is 0.0373. The lowest BCUT2D eigenvalue weighted by molar-refractivity contribution is -0.121. The van der Waals surface area contributed by atoms with E-state index in [1.807, 2.05) is 19.2 Å². The third-order valence-corrected chi connectivity index (χ3v) is 3.47.